The highest BCUT2D eigenvalue weighted by Gasteiger charge is 2.19. The molecule has 3 aromatic rings. The van der Waals surface area contributed by atoms with E-state index in [9.17, 15) is 9.18 Å². The van der Waals surface area contributed by atoms with E-state index in [0.717, 1.165) is 11.3 Å². The molecule has 7 heteroatoms. The molecule has 134 valence electrons. The number of benzene rings is 2. The Morgan fingerprint density at radius 3 is 2.42 bits per heavy atom. The lowest BCUT2D eigenvalue weighted by Gasteiger charge is -2.14. The van der Waals surface area contributed by atoms with Gasteiger partial charge >= 0.3 is 0 Å². The topological polar surface area (TPSA) is 69.0 Å². The molecule has 1 amide bonds. The van der Waals surface area contributed by atoms with Crippen molar-refractivity contribution in [1.29, 1.82) is 0 Å². The molecule has 1 aromatic heterocycles. The Kier molecular flexibility index (Phi) is 4.97. The van der Waals surface area contributed by atoms with Crippen molar-refractivity contribution in [3.05, 3.63) is 71.3 Å². The van der Waals surface area contributed by atoms with E-state index in [1.807, 2.05) is 31.2 Å². The zero-order valence-corrected chi connectivity index (χ0v) is 14.7. The van der Waals surface area contributed by atoms with Gasteiger partial charge in [-0.05, 0) is 55.8 Å². The molecule has 3 rings (SSSR count). The van der Waals surface area contributed by atoms with E-state index >= 15 is 0 Å². The Balaban J connectivity index is 1.76. The smallest absolute Gasteiger partial charge is 0.274 e. The second-order valence-corrected chi connectivity index (χ2v) is 5.88. The van der Waals surface area contributed by atoms with Crippen molar-refractivity contribution >= 4 is 5.91 Å². The van der Waals surface area contributed by atoms with Crippen molar-refractivity contribution in [2.75, 3.05) is 7.11 Å². The maximum absolute atomic E-state index is 13.1. The van der Waals surface area contributed by atoms with Gasteiger partial charge in [0.2, 0.25) is 0 Å². The lowest BCUT2D eigenvalue weighted by atomic mass is 10.1. The van der Waals surface area contributed by atoms with Crippen LogP contribution in [0.4, 0.5) is 4.39 Å². The van der Waals surface area contributed by atoms with Crippen LogP contribution in [0.2, 0.25) is 0 Å². The van der Waals surface area contributed by atoms with Crippen LogP contribution < -0.4 is 10.1 Å². The molecule has 0 unspecified atom stereocenters. The highest BCUT2D eigenvalue weighted by molar-refractivity contribution is 5.93. The number of amides is 1. The number of rotatable bonds is 5. The highest BCUT2D eigenvalue weighted by atomic mass is 19.1. The molecule has 0 radical (unpaired) electrons. The third-order valence-corrected chi connectivity index (χ3v) is 4.14. The lowest BCUT2D eigenvalue weighted by molar-refractivity contribution is 0.0934. The summed E-state index contributed by atoms with van der Waals surface area (Å²) < 4.78 is 19.7. The molecule has 0 aliphatic rings. The van der Waals surface area contributed by atoms with Crippen molar-refractivity contribution in [2.24, 2.45) is 0 Å². The van der Waals surface area contributed by atoms with Gasteiger partial charge < -0.3 is 10.1 Å². The van der Waals surface area contributed by atoms with Gasteiger partial charge in [-0.3, -0.25) is 4.79 Å². The number of nitrogens with zero attached hydrogens (tertiary/aromatic N) is 3. The van der Waals surface area contributed by atoms with Gasteiger partial charge in [0, 0.05) is 0 Å². The second-order valence-electron chi connectivity index (χ2n) is 5.88. The molecular formula is C19H19FN4O2. The SMILES string of the molecule is COc1ccc([C@H](C)NC(=O)c2nnn(-c3ccc(F)cc3)c2C)cc1. The standard InChI is InChI=1S/C19H19FN4O2/c1-12(14-4-10-17(26-3)11-5-14)21-19(25)18-13(2)24(23-22-18)16-8-6-15(20)7-9-16/h4-12H,1-3H3,(H,21,25)/t12-/m0/s1. The second kappa shape index (κ2) is 7.35. The minimum Gasteiger partial charge on any atom is -0.497 e. The number of nitrogens with one attached hydrogen (secondary N) is 1. The molecule has 1 atom stereocenters. The van der Waals surface area contributed by atoms with Crippen LogP contribution in [0, 0.1) is 12.7 Å². The van der Waals surface area contributed by atoms with Gasteiger partial charge in [-0.2, -0.15) is 0 Å². The summed E-state index contributed by atoms with van der Waals surface area (Å²) in [4.78, 5) is 12.6. The van der Waals surface area contributed by atoms with Crippen molar-refractivity contribution in [3.8, 4) is 11.4 Å². The van der Waals surface area contributed by atoms with Crippen molar-refractivity contribution in [1.82, 2.24) is 20.3 Å². The Morgan fingerprint density at radius 1 is 1.15 bits per heavy atom. The van der Waals surface area contributed by atoms with Crippen molar-refractivity contribution in [3.63, 3.8) is 0 Å². The molecule has 2 aromatic carbocycles. The molecule has 0 aliphatic heterocycles. The molecule has 26 heavy (non-hydrogen) atoms. The van der Waals surface area contributed by atoms with Crippen molar-refractivity contribution < 1.29 is 13.9 Å². The molecular weight excluding hydrogens is 335 g/mol. The minimum atomic E-state index is -0.335. The summed E-state index contributed by atoms with van der Waals surface area (Å²) in [6.45, 7) is 3.63. The van der Waals surface area contributed by atoms with E-state index in [1.165, 1.54) is 16.8 Å². The van der Waals surface area contributed by atoms with Crippen LogP contribution in [0.25, 0.3) is 5.69 Å². The fraction of sp³-hybridized carbons (Fsp3) is 0.211. The van der Waals surface area contributed by atoms with E-state index in [4.69, 9.17) is 4.74 Å². The number of hydrogen-bond acceptors (Lipinski definition) is 4. The molecule has 0 saturated carbocycles. The van der Waals surface area contributed by atoms with Gasteiger partial charge in [0.1, 0.15) is 11.6 Å². The van der Waals surface area contributed by atoms with E-state index in [0.29, 0.717) is 11.4 Å². The Bertz CT molecular complexity index is 904. The van der Waals surface area contributed by atoms with Crippen LogP contribution >= 0.6 is 0 Å². The summed E-state index contributed by atoms with van der Waals surface area (Å²) in [6, 6.07) is 13.1. The van der Waals surface area contributed by atoms with E-state index in [-0.39, 0.29) is 23.5 Å². The monoisotopic (exact) mass is 354 g/mol. The molecule has 0 saturated heterocycles. The van der Waals surface area contributed by atoms with Crippen molar-refractivity contribution in [2.45, 2.75) is 19.9 Å². The van der Waals surface area contributed by atoms with Crippen LogP contribution in [0.5, 0.6) is 5.75 Å². The minimum absolute atomic E-state index is 0.205. The largest absolute Gasteiger partial charge is 0.497 e. The number of aromatic nitrogens is 3. The van der Waals surface area contributed by atoms with Gasteiger partial charge in [-0.1, -0.05) is 17.3 Å². The summed E-state index contributed by atoms with van der Waals surface area (Å²) in [7, 11) is 1.60. The molecule has 1 heterocycles. The van der Waals surface area contributed by atoms with E-state index < -0.39 is 0 Å². The fourth-order valence-electron chi connectivity index (χ4n) is 2.61. The summed E-state index contributed by atoms with van der Waals surface area (Å²) in [5.74, 6) is 0.0994. The summed E-state index contributed by atoms with van der Waals surface area (Å²) in [6.07, 6.45) is 0. The third-order valence-electron chi connectivity index (χ3n) is 4.14. The maximum atomic E-state index is 13.1. The molecule has 0 fully saturated rings. The average Bonchev–Trinajstić information content (AvgIpc) is 3.04. The number of halogens is 1. The van der Waals surface area contributed by atoms with Crippen LogP contribution in [-0.4, -0.2) is 28.0 Å². The summed E-state index contributed by atoms with van der Waals surface area (Å²) in [5.41, 5.74) is 2.40. The number of carbonyl (C=O) groups excluding carboxylic acids is 1. The van der Waals surface area contributed by atoms with E-state index in [1.54, 1.807) is 26.2 Å². The average molecular weight is 354 g/mol. The first-order valence-electron chi connectivity index (χ1n) is 8.12. The van der Waals surface area contributed by atoms with Gasteiger partial charge in [-0.15, -0.1) is 5.10 Å². The Morgan fingerprint density at radius 2 is 1.81 bits per heavy atom. The highest BCUT2D eigenvalue weighted by Crippen LogP contribution is 2.18. The Labute approximate surface area is 150 Å². The van der Waals surface area contributed by atoms with Gasteiger partial charge in [0.05, 0.1) is 24.5 Å². The summed E-state index contributed by atoms with van der Waals surface area (Å²) >= 11 is 0. The normalized spacial score (nSPS) is 11.8. The molecule has 1 N–H and O–H groups in total. The molecule has 0 spiro atoms. The van der Waals surface area contributed by atoms with Crippen LogP contribution in [0.15, 0.2) is 48.5 Å². The van der Waals surface area contributed by atoms with Crippen LogP contribution in [-0.2, 0) is 0 Å². The van der Waals surface area contributed by atoms with Gasteiger partial charge in [0.15, 0.2) is 5.69 Å². The summed E-state index contributed by atoms with van der Waals surface area (Å²) in [5, 5.41) is 10.9. The number of ether oxygens (including phenoxy) is 1. The molecule has 0 bridgehead atoms. The predicted octanol–water partition coefficient (Wildman–Crippen LogP) is 3.21. The fourth-order valence-corrected chi connectivity index (χ4v) is 2.61. The quantitative estimate of drug-likeness (QED) is 0.764. The third kappa shape index (κ3) is 3.56. The maximum Gasteiger partial charge on any atom is 0.274 e. The lowest BCUT2D eigenvalue weighted by Crippen LogP contribution is -2.27. The first kappa shape index (κ1) is 17.6. The zero-order chi connectivity index (χ0) is 18.7. The van der Waals surface area contributed by atoms with Gasteiger partial charge in [-0.25, -0.2) is 9.07 Å². The first-order valence-corrected chi connectivity index (χ1v) is 8.12. The predicted molar refractivity (Wildman–Crippen MR) is 94.9 cm³/mol. The van der Waals surface area contributed by atoms with Gasteiger partial charge in [0.25, 0.3) is 5.91 Å². The number of carbonyl (C=O) groups is 1. The zero-order valence-electron chi connectivity index (χ0n) is 14.7. The number of methoxy groups -OCH3 is 1. The Hall–Kier alpha value is -3.22. The molecule has 6 nitrogen and oxygen atoms in total. The van der Waals surface area contributed by atoms with E-state index in [2.05, 4.69) is 15.6 Å². The van der Waals surface area contributed by atoms with Crippen LogP contribution in [0.1, 0.15) is 34.7 Å². The molecule has 0 aliphatic carbocycles. The number of hydrogen-bond donors (Lipinski definition) is 1. The first-order chi connectivity index (χ1) is 12.5. The van der Waals surface area contributed by atoms with Crippen LogP contribution in [0.3, 0.4) is 0 Å².